The Hall–Kier alpha value is -0.790. The van der Waals surface area contributed by atoms with Crippen LogP contribution in [-0.4, -0.2) is 12.6 Å². The van der Waals surface area contributed by atoms with Crippen LogP contribution >= 0.6 is 0 Å². The van der Waals surface area contributed by atoms with E-state index in [4.69, 9.17) is 4.74 Å². The highest BCUT2D eigenvalue weighted by Crippen LogP contribution is 2.03. The predicted molar refractivity (Wildman–Crippen MR) is 49.9 cm³/mol. The fourth-order valence-electron chi connectivity index (χ4n) is 0.968. The van der Waals surface area contributed by atoms with E-state index in [1.807, 2.05) is 13.0 Å². The summed E-state index contributed by atoms with van der Waals surface area (Å²) in [4.78, 5) is 10.8. The number of carbonyl (C=O) groups excluding carboxylic acids is 1. The second-order valence-corrected chi connectivity index (χ2v) is 2.69. The molecule has 0 saturated heterocycles. The summed E-state index contributed by atoms with van der Waals surface area (Å²) in [6, 6.07) is 0. The second-order valence-electron chi connectivity index (χ2n) is 2.69. The van der Waals surface area contributed by atoms with Crippen LogP contribution in [-0.2, 0) is 9.53 Å². The first-order valence-corrected chi connectivity index (χ1v) is 4.57. The number of rotatable bonds is 7. The average molecular weight is 170 g/mol. The Balaban J connectivity index is 3.08. The van der Waals surface area contributed by atoms with Crippen LogP contribution in [0.25, 0.3) is 0 Å². The fourth-order valence-corrected chi connectivity index (χ4v) is 0.968. The van der Waals surface area contributed by atoms with Crippen molar-refractivity contribution in [1.29, 1.82) is 0 Å². The van der Waals surface area contributed by atoms with E-state index in [0.717, 1.165) is 25.7 Å². The molecule has 0 unspecified atom stereocenters. The van der Waals surface area contributed by atoms with Gasteiger partial charge in [-0.1, -0.05) is 12.5 Å². The molecule has 0 spiro atoms. The molecule has 12 heavy (non-hydrogen) atoms. The molecule has 2 nitrogen and oxygen atoms in total. The molecule has 0 aliphatic carbocycles. The molecule has 0 aliphatic heterocycles. The van der Waals surface area contributed by atoms with Crippen LogP contribution < -0.4 is 0 Å². The smallest absolute Gasteiger partial charge is 0.305 e. The molecule has 0 aromatic heterocycles. The fraction of sp³-hybridized carbons (Fsp3) is 0.700. The van der Waals surface area contributed by atoms with Gasteiger partial charge in [0.25, 0.3) is 0 Å². The molecule has 0 fully saturated rings. The highest BCUT2D eigenvalue weighted by Gasteiger charge is 1.99. The SMILES string of the molecule is C=CCCCCCC(=O)OCC. The molecule has 0 aromatic carbocycles. The van der Waals surface area contributed by atoms with Gasteiger partial charge in [0.15, 0.2) is 0 Å². The van der Waals surface area contributed by atoms with Crippen molar-refractivity contribution in [3.8, 4) is 0 Å². The summed E-state index contributed by atoms with van der Waals surface area (Å²) >= 11 is 0. The molecule has 0 radical (unpaired) electrons. The molecule has 2 heteroatoms. The van der Waals surface area contributed by atoms with Crippen LogP contribution in [0.3, 0.4) is 0 Å². The number of unbranched alkanes of at least 4 members (excludes halogenated alkanes) is 3. The number of hydrogen-bond donors (Lipinski definition) is 0. The Morgan fingerprint density at radius 1 is 1.42 bits per heavy atom. The van der Waals surface area contributed by atoms with Gasteiger partial charge < -0.3 is 4.74 Å². The molecule has 0 bridgehead atoms. The van der Waals surface area contributed by atoms with Gasteiger partial charge in [0.1, 0.15) is 0 Å². The summed E-state index contributed by atoms with van der Waals surface area (Å²) in [5.41, 5.74) is 0. The summed E-state index contributed by atoms with van der Waals surface area (Å²) in [6.07, 6.45) is 6.67. The molecule has 0 atom stereocenters. The molecular weight excluding hydrogens is 152 g/mol. The maximum atomic E-state index is 10.8. The normalized spacial score (nSPS) is 9.42. The van der Waals surface area contributed by atoms with E-state index in [2.05, 4.69) is 6.58 Å². The van der Waals surface area contributed by atoms with Crippen molar-refractivity contribution in [2.45, 2.75) is 39.0 Å². The molecule has 0 N–H and O–H groups in total. The molecule has 0 amide bonds. The second kappa shape index (κ2) is 8.31. The van der Waals surface area contributed by atoms with Gasteiger partial charge >= 0.3 is 5.97 Å². The molecular formula is C10H18O2. The Kier molecular flexibility index (Phi) is 7.76. The van der Waals surface area contributed by atoms with Crippen molar-refractivity contribution >= 4 is 5.97 Å². The van der Waals surface area contributed by atoms with Crippen molar-refractivity contribution in [2.24, 2.45) is 0 Å². The highest BCUT2D eigenvalue weighted by molar-refractivity contribution is 5.69. The van der Waals surface area contributed by atoms with Gasteiger partial charge in [0.05, 0.1) is 6.61 Å². The molecule has 70 valence electrons. The van der Waals surface area contributed by atoms with E-state index in [-0.39, 0.29) is 5.97 Å². The van der Waals surface area contributed by atoms with Crippen LogP contribution in [0.5, 0.6) is 0 Å². The Bertz CT molecular complexity index is 130. The maximum Gasteiger partial charge on any atom is 0.305 e. The Morgan fingerprint density at radius 3 is 2.75 bits per heavy atom. The van der Waals surface area contributed by atoms with Crippen molar-refractivity contribution in [3.63, 3.8) is 0 Å². The van der Waals surface area contributed by atoms with Crippen LogP contribution in [0.1, 0.15) is 39.0 Å². The zero-order chi connectivity index (χ0) is 9.23. The third-order valence-electron chi connectivity index (χ3n) is 1.59. The van der Waals surface area contributed by atoms with Gasteiger partial charge in [0.2, 0.25) is 0 Å². The van der Waals surface area contributed by atoms with E-state index in [1.54, 1.807) is 0 Å². The Morgan fingerprint density at radius 2 is 2.17 bits per heavy atom. The van der Waals surface area contributed by atoms with Crippen molar-refractivity contribution in [2.75, 3.05) is 6.61 Å². The van der Waals surface area contributed by atoms with Crippen LogP contribution in [0.2, 0.25) is 0 Å². The summed E-state index contributed by atoms with van der Waals surface area (Å²) in [6.45, 7) is 5.95. The average Bonchev–Trinajstić information content (AvgIpc) is 2.05. The summed E-state index contributed by atoms with van der Waals surface area (Å²) in [7, 11) is 0. The molecule has 0 heterocycles. The lowest BCUT2D eigenvalue weighted by Crippen LogP contribution is -2.02. The van der Waals surface area contributed by atoms with Gasteiger partial charge in [-0.05, 0) is 26.2 Å². The van der Waals surface area contributed by atoms with Gasteiger partial charge in [-0.25, -0.2) is 0 Å². The Labute approximate surface area is 74.6 Å². The van der Waals surface area contributed by atoms with E-state index in [0.29, 0.717) is 13.0 Å². The van der Waals surface area contributed by atoms with Crippen molar-refractivity contribution in [1.82, 2.24) is 0 Å². The van der Waals surface area contributed by atoms with Gasteiger partial charge in [-0.3, -0.25) is 4.79 Å². The van der Waals surface area contributed by atoms with Crippen LogP contribution in [0, 0.1) is 0 Å². The summed E-state index contributed by atoms with van der Waals surface area (Å²) in [5, 5.41) is 0. The molecule has 0 rings (SSSR count). The minimum Gasteiger partial charge on any atom is -0.466 e. The third-order valence-corrected chi connectivity index (χ3v) is 1.59. The minimum atomic E-state index is -0.0731. The number of carbonyl (C=O) groups is 1. The third kappa shape index (κ3) is 7.32. The van der Waals surface area contributed by atoms with Crippen molar-refractivity contribution < 1.29 is 9.53 Å². The zero-order valence-electron chi connectivity index (χ0n) is 7.84. The number of allylic oxidation sites excluding steroid dienone is 1. The lowest BCUT2D eigenvalue weighted by atomic mass is 10.1. The largest absolute Gasteiger partial charge is 0.466 e. The monoisotopic (exact) mass is 170 g/mol. The standard InChI is InChI=1S/C10H18O2/c1-3-5-6-7-8-9-10(11)12-4-2/h3H,1,4-9H2,2H3. The lowest BCUT2D eigenvalue weighted by molar-refractivity contribution is -0.143. The quantitative estimate of drug-likeness (QED) is 0.333. The number of ether oxygens (including phenoxy) is 1. The number of hydrogen-bond acceptors (Lipinski definition) is 2. The lowest BCUT2D eigenvalue weighted by Gasteiger charge is -2.00. The van der Waals surface area contributed by atoms with Gasteiger partial charge in [-0.2, -0.15) is 0 Å². The molecule has 0 saturated carbocycles. The minimum absolute atomic E-state index is 0.0731. The van der Waals surface area contributed by atoms with Crippen LogP contribution in [0.4, 0.5) is 0 Å². The van der Waals surface area contributed by atoms with Gasteiger partial charge in [-0.15, -0.1) is 6.58 Å². The summed E-state index contributed by atoms with van der Waals surface area (Å²) < 4.78 is 4.79. The van der Waals surface area contributed by atoms with E-state index in [9.17, 15) is 4.79 Å². The maximum absolute atomic E-state index is 10.8. The first-order valence-electron chi connectivity index (χ1n) is 4.57. The topological polar surface area (TPSA) is 26.3 Å². The summed E-state index contributed by atoms with van der Waals surface area (Å²) in [5.74, 6) is -0.0731. The molecule has 0 aliphatic rings. The van der Waals surface area contributed by atoms with E-state index >= 15 is 0 Å². The first-order chi connectivity index (χ1) is 5.81. The van der Waals surface area contributed by atoms with E-state index in [1.165, 1.54) is 0 Å². The predicted octanol–water partition coefficient (Wildman–Crippen LogP) is 2.69. The highest BCUT2D eigenvalue weighted by atomic mass is 16.5. The van der Waals surface area contributed by atoms with Crippen LogP contribution in [0.15, 0.2) is 12.7 Å². The molecule has 0 aromatic rings. The van der Waals surface area contributed by atoms with E-state index < -0.39 is 0 Å². The van der Waals surface area contributed by atoms with Crippen molar-refractivity contribution in [3.05, 3.63) is 12.7 Å². The van der Waals surface area contributed by atoms with Gasteiger partial charge in [0, 0.05) is 6.42 Å². The zero-order valence-corrected chi connectivity index (χ0v) is 7.84. The first kappa shape index (κ1) is 11.2. The number of esters is 1.